The Morgan fingerprint density at radius 1 is 1.04 bits per heavy atom. The molecule has 26 heavy (non-hydrogen) atoms. The van der Waals surface area contributed by atoms with Gasteiger partial charge in [-0.15, -0.1) is 11.8 Å². The second kappa shape index (κ2) is 9.91. The van der Waals surface area contributed by atoms with Gasteiger partial charge < -0.3 is 10.4 Å². The van der Waals surface area contributed by atoms with E-state index in [0.717, 1.165) is 17.7 Å². The minimum absolute atomic E-state index is 0.0283. The number of carboxylic acids is 1. The maximum absolute atomic E-state index is 13.1. The topological polar surface area (TPSA) is 66.4 Å². The van der Waals surface area contributed by atoms with Crippen LogP contribution in [-0.2, 0) is 21.8 Å². The molecule has 2 N–H and O–H groups in total. The predicted molar refractivity (Wildman–Crippen MR) is 98.2 cm³/mol. The molecule has 0 spiro atoms. The molecule has 0 aliphatic rings. The average Bonchev–Trinajstić information content (AvgIpc) is 2.58. The standard InChI is InChI=1S/C19H19F2NO3S/c20-16-8-7-13(10-17(16)21)3-2-6-18(23)22-15-5-1-4-14(9-15)11-26-12-19(24)25/h1,4-5,7-10H,2-3,6,11-12H2,(H,22,23)(H,24,25). The molecule has 4 nitrogen and oxygen atoms in total. The molecule has 7 heteroatoms. The Morgan fingerprint density at radius 3 is 2.58 bits per heavy atom. The molecule has 2 aromatic carbocycles. The predicted octanol–water partition coefficient (Wildman–Crippen LogP) is 4.24. The van der Waals surface area contributed by atoms with Crippen LogP contribution < -0.4 is 5.32 Å². The molecule has 2 aromatic rings. The normalized spacial score (nSPS) is 10.5. The van der Waals surface area contributed by atoms with Crippen LogP contribution in [0.5, 0.6) is 0 Å². The van der Waals surface area contributed by atoms with Crippen LogP contribution in [-0.4, -0.2) is 22.7 Å². The van der Waals surface area contributed by atoms with Crippen LogP contribution in [0.1, 0.15) is 24.0 Å². The van der Waals surface area contributed by atoms with E-state index in [-0.39, 0.29) is 18.1 Å². The summed E-state index contributed by atoms with van der Waals surface area (Å²) in [4.78, 5) is 22.5. The van der Waals surface area contributed by atoms with Crippen molar-refractivity contribution < 1.29 is 23.5 Å². The first-order valence-electron chi connectivity index (χ1n) is 8.06. The van der Waals surface area contributed by atoms with Gasteiger partial charge in [-0.05, 0) is 48.2 Å². The van der Waals surface area contributed by atoms with Crippen molar-refractivity contribution in [3.8, 4) is 0 Å². The smallest absolute Gasteiger partial charge is 0.313 e. The van der Waals surface area contributed by atoms with Gasteiger partial charge in [-0.3, -0.25) is 9.59 Å². The summed E-state index contributed by atoms with van der Waals surface area (Å²) in [5.74, 6) is -2.21. The lowest BCUT2D eigenvalue weighted by Gasteiger charge is -2.08. The number of amides is 1. The minimum Gasteiger partial charge on any atom is -0.481 e. The lowest BCUT2D eigenvalue weighted by Crippen LogP contribution is -2.11. The largest absolute Gasteiger partial charge is 0.481 e. The van der Waals surface area contributed by atoms with Gasteiger partial charge in [0, 0.05) is 17.9 Å². The quantitative estimate of drug-likeness (QED) is 0.684. The molecule has 0 heterocycles. The number of anilines is 1. The summed E-state index contributed by atoms with van der Waals surface area (Å²) >= 11 is 1.29. The molecule has 2 rings (SSSR count). The van der Waals surface area contributed by atoms with Crippen molar-refractivity contribution >= 4 is 29.3 Å². The number of carboxylic acid groups (broad SMARTS) is 1. The summed E-state index contributed by atoms with van der Waals surface area (Å²) in [6, 6.07) is 11.0. The van der Waals surface area contributed by atoms with Crippen LogP contribution in [0, 0.1) is 11.6 Å². The van der Waals surface area contributed by atoms with Crippen molar-refractivity contribution in [2.45, 2.75) is 25.0 Å². The molecule has 138 valence electrons. The highest BCUT2D eigenvalue weighted by atomic mass is 32.2. The Kier molecular flexibility index (Phi) is 7.59. The zero-order chi connectivity index (χ0) is 18.9. The third kappa shape index (κ3) is 6.84. The lowest BCUT2D eigenvalue weighted by molar-refractivity contribution is -0.133. The number of carbonyl (C=O) groups is 2. The Morgan fingerprint density at radius 2 is 1.85 bits per heavy atom. The molecule has 0 fully saturated rings. The number of benzene rings is 2. The number of hydrogen-bond donors (Lipinski definition) is 2. The summed E-state index contributed by atoms with van der Waals surface area (Å²) < 4.78 is 26.0. The number of halogens is 2. The first kappa shape index (κ1) is 19.9. The third-order valence-corrected chi connectivity index (χ3v) is 4.55. The van der Waals surface area contributed by atoms with Gasteiger partial charge >= 0.3 is 5.97 Å². The van der Waals surface area contributed by atoms with E-state index in [9.17, 15) is 18.4 Å². The van der Waals surface area contributed by atoms with Gasteiger partial charge in [-0.25, -0.2) is 8.78 Å². The molecule has 0 aromatic heterocycles. The molecule has 1 amide bonds. The molecule has 0 saturated carbocycles. The Balaban J connectivity index is 1.78. The number of carbonyl (C=O) groups excluding carboxylic acids is 1. The van der Waals surface area contributed by atoms with E-state index in [1.807, 2.05) is 12.1 Å². The van der Waals surface area contributed by atoms with Crippen LogP contribution in [0.15, 0.2) is 42.5 Å². The van der Waals surface area contributed by atoms with E-state index < -0.39 is 17.6 Å². The van der Waals surface area contributed by atoms with Crippen molar-refractivity contribution in [1.82, 2.24) is 0 Å². The van der Waals surface area contributed by atoms with Gasteiger partial charge in [0.1, 0.15) is 0 Å². The first-order chi connectivity index (χ1) is 12.4. The molecular weight excluding hydrogens is 360 g/mol. The summed E-state index contributed by atoms with van der Waals surface area (Å²) in [6.07, 6.45) is 1.26. The zero-order valence-electron chi connectivity index (χ0n) is 14.0. The number of rotatable bonds is 9. The van der Waals surface area contributed by atoms with Gasteiger partial charge in [-0.1, -0.05) is 18.2 Å². The van der Waals surface area contributed by atoms with Gasteiger partial charge in [0.25, 0.3) is 0 Å². The molecule has 0 aliphatic carbocycles. The molecule has 0 bridgehead atoms. The molecule has 0 radical (unpaired) electrons. The van der Waals surface area contributed by atoms with Crippen LogP contribution in [0.2, 0.25) is 0 Å². The highest BCUT2D eigenvalue weighted by Gasteiger charge is 2.06. The Bertz CT molecular complexity index is 783. The molecule has 0 aliphatic heterocycles. The zero-order valence-corrected chi connectivity index (χ0v) is 14.8. The van der Waals surface area contributed by atoms with E-state index in [0.29, 0.717) is 29.8 Å². The molecule has 0 atom stereocenters. The monoisotopic (exact) mass is 379 g/mol. The number of aliphatic carboxylic acids is 1. The highest BCUT2D eigenvalue weighted by Crippen LogP contribution is 2.17. The second-order valence-electron chi connectivity index (χ2n) is 5.74. The summed E-state index contributed by atoms with van der Waals surface area (Å²) in [5.41, 5.74) is 2.22. The van der Waals surface area contributed by atoms with Crippen molar-refractivity contribution in [1.29, 1.82) is 0 Å². The lowest BCUT2D eigenvalue weighted by atomic mass is 10.1. The van der Waals surface area contributed by atoms with Crippen molar-refractivity contribution in [3.05, 3.63) is 65.2 Å². The number of thioether (sulfide) groups is 1. The maximum Gasteiger partial charge on any atom is 0.313 e. The van der Waals surface area contributed by atoms with Crippen molar-refractivity contribution in [2.75, 3.05) is 11.1 Å². The van der Waals surface area contributed by atoms with Gasteiger partial charge in [0.15, 0.2) is 11.6 Å². The van der Waals surface area contributed by atoms with E-state index in [1.54, 1.807) is 12.1 Å². The first-order valence-corrected chi connectivity index (χ1v) is 9.22. The summed E-state index contributed by atoms with van der Waals surface area (Å²) in [5, 5.41) is 11.4. The fourth-order valence-corrected chi connectivity index (χ4v) is 3.06. The SMILES string of the molecule is O=C(O)CSCc1cccc(NC(=O)CCCc2ccc(F)c(F)c2)c1. The van der Waals surface area contributed by atoms with E-state index in [1.165, 1.54) is 17.8 Å². The third-order valence-electron chi connectivity index (χ3n) is 3.56. The average molecular weight is 379 g/mol. The second-order valence-corrected chi connectivity index (χ2v) is 6.72. The molecule has 0 saturated heterocycles. The van der Waals surface area contributed by atoms with Gasteiger partial charge in [-0.2, -0.15) is 0 Å². The number of hydrogen-bond acceptors (Lipinski definition) is 3. The van der Waals surface area contributed by atoms with E-state index >= 15 is 0 Å². The molecular formula is C19H19F2NO3S. The van der Waals surface area contributed by atoms with E-state index in [4.69, 9.17) is 5.11 Å². The van der Waals surface area contributed by atoms with Gasteiger partial charge in [0.2, 0.25) is 5.91 Å². The Labute approximate surface area is 154 Å². The molecule has 0 unspecified atom stereocenters. The van der Waals surface area contributed by atoms with Crippen molar-refractivity contribution in [2.24, 2.45) is 0 Å². The van der Waals surface area contributed by atoms with Gasteiger partial charge in [0.05, 0.1) is 5.75 Å². The minimum atomic E-state index is -0.885. The van der Waals surface area contributed by atoms with Crippen LogP contribution in [0.4, 0.5) is 14.5 Å². The van der Waals surface area contributed by atoms with E-state index in [2.05, 4.69) is 5.32 Å². The highest BCUT2D eigenvalue weighted by molar-refractivity contribution is 7.99. The van der Waals surface area contributed by atoms with Crippen LogP contribution in [0.25, 0.3) is 0 Å². The fraction of sp³-hybridized carbons (Fsp3) is 0.263. The van der Waals surface area contributed by atoms with Crippen LogP contribution in [0.3, 0.4) is 0 Å². The Hall–Kier alpha value is -2.41. The number of aryl methyl sites for hydroxylation is 1. The maximum atomic E-state index is 13.1. The van der Waals surface area contributed by atoms with Crippen molar-refractivity contribution in [3.63, 3.8) is 0 Å². The fourth-order valence-electron chi connectivity index (χ4n) is 2.37. The summed E-state index contributed by atoms with van der Waals surface area (Å²) in [7, 11) is 0. The number of nitrogens with one attached hydrogen (secondary N) is 1. The van der Waals surface area contributed by atoms with Crippen LogP contribution >= 0.6 is 11.8 Å². The summed E-state index contributed by atoms with van der Waals surface area (Å²) in [6.45, 7) is 0.